The summed E-state index contributed by atoms with van der Waals surface area (Å²) in [5, 5.41) is 6.02. The van der Waals surface area contributed by atoms with E-state index < -0.39 is 0 Å². The first-order chi connectivity index (χ1) is 12.7. The topological polar surface area (TPSA) is 76.1 Å². The number of aromatic nitrogens is 2. The highest BCUT2D eigenvalue weighted by Crippen LogP contribution is 2.15. The van der Waals surface area contributed by atoms with E-state index in [0.717, 1.165) is 22.6 Å². The number of aryl methyl sites for hydroxylation is 1. The molecule has 26 heavy (non-hydrogen) atoms. The molecule has 0 radical (unpaired) electrons. The van der Waals surface area contributed by atoms with Crippen molar-refractivity contribution in [1.82, 2.24) is 9.97 Å². The van der Waals surface area contributed by atoms with Crippen molar-refractivity contribution in [3.05, 3.63) is 77.7 Å². The average Bonchev–Trinajstić information content (AvgIpc) is 2.69. The van der Waals surface area contributed by atoms with Crippen LogP contribution >= 0.6 is 0 Å². The lowest BCUT2D eigenvalue weighted by molar-refractivity contribution is 0.102. The third kappa shape index (κ3) is 4.36. The summed E-state index contributed by atoms with van der Waals surface area (Å²) in [6.07, 6.45) is 3.01. The van der Waals surface area contributed by atoms with Crippen LogP contribution in [0.1, 0.15) is 21.6 Å². The van der Waals surface area contributed by atoms with Crippen LogP contribution in [0.15, 0.2) is 60.9 Å². The van der Waals surface area contributed by atoms with Gasteiger partial charge in [0, 0.05) is 12.2 Å². The number of nitrogens with zero attached hydrogens (tertiary/aromatic N) is 2. The Kier molecular flexibility index (Phi) is 5.43. The molecule has 0 aliphatic heterocycles. The number of rotatable bonds is 6. The molecule has 0 atom stereocenters. The van der Waals surface area contributed by atoms with Crippen molar-refractivity contribution in [2.24, 2.45) is 0 Å². The van der Waals surface area contributed by atoms with Crippen molar-refractivity contribution in [3.8, 4) is 5.75 Å². The van der Waals surface area contributed by atoms with Gasteiger partial charge in [-0.2, -0.15) is 0 Å². The normalized spacial score (nSPS) is 10.2. The number of hydrogen-bond acceptors (Lipinski definition) is 5. The molecule has 0 unspecified atom stereocenters. The van der Waals surface area contributed by atoms with Gasteiger partial charge in [-0.05, 0) is 36.2 Å². The Bertz CT molecular complexity index is 877. The van der Waals surface area contributed by atoms with E-state index in [1.54, 1.807) is 13.3 Å². The summed E-state index contributed by atoms with van der Waals surface area (Å²) >= 11 is 0. The van der Waals surface area contributed by atoms with E-state index in [0.29, 0.717) is 12.4 Å². The summed E-state index contributed by atoms with van der Waals surface area (Å²) in [5.41, 5.74) is 3.12. The number of carbonyl (C=O) groups is 1. The molecule has 0 saturated carbocycles. The Labute approximate surface area is 152 Å². The van der Waals surface area contributed by atoms with Crippen LogP contribution in [0.5, 0.6) is 5.75 Å². The number of amides is 1. The summed E-state index contributed by atoms with van der Waals surface area (Å²) in [4.78, 5) is 20.7. The van der Waals surface area contributed by atoms with Gasteiger partial charge in [0.15, 0.2) is 0 Å². The van der Waals surface area contributed by atoms with E-state index in [2.05, 4.69) is 20.6 Å². The van der Waals surface area contributed by atoms with E-state index in [1.165, 1.54) is 6.20 Å². The highest BCUT2D eigenvalue weighted by Gasteiger charge is 2.09. The van der Waals surface area contributed by atoms with E-state index >= 15 is 0 Å². The molecule has 3 rings (SSSR count). The summed E-state index contributed by atoms with van der Waals surface area (Å²) in [6, 6.07) is 15.4. The molecule has 0 aliphatic rings. The second kappa shape index (κ2) is 8.11. The lowest BCUT2D eigenvalue weighted by Crippen LogP contribution is -2.15. The van der Waals surface area contributed by atoms with Gasteiger partial charge in [-0.15, -0.1) is 0 Å². The molecule has 6 heteroatoms. The molecule has 0 saturated heterocycles. The largest absolute Gasteiger partial charge is 0.497 e. The Morgan fingerprint density at radius 3 is 2.46 bits per heavy atom. The molecule has 1 heterocycles. The maximum Gasteiger partial charge on any atom is 0.275 e. The number of hydrogen-bond donors (Lipinski definition) is 2. The predicted octanol–water partition coefficient (Wildman–Crippen LogP) is 3.66. The third-order valence-corrected chi connectivity index (χ3v) is 3.91. The van der Waals surface area contributed by atoms with Crippen molar-refractivity contribution in [2.45, 2.75) is 13.5 Å². The van der Waals surface area contributed by atoms with Crippen LogP contribution in [-0.4, -0.2) is 23.0 Å². The van der Waals surface area contributed by atoms with E-state index in [4.69, 9.17) is 4.74 Å². The predicted molar refractivity (Wildman–Crippen MR) is 101 cm³/mol. The minimum Gasteiger partial charge on any atom is -0.497 e. The smallest absolute Gasteiger partial charge is 0.275 e. The van der Waals surface area contributed by atoms with Crippen molar-refractivity contribution in [1.29, 1.82) is 0 Å². The molecule has 3 aromatic rings. The molecule has 0 fully saturated rings. The van der Waals surface area contributed by atoms with Crippen LogP contribution in [0.2, 0.25) is 0 Å². The zero-order valence-electron chi connectivity index (χ0n) is 14.7. The first-order valence-electron chi connectivity index (χ1n) is 8.21. The van der Waals surface area contributed by atoms with Crippen molar-refractivity contribution in [3.63, 3.8) is 0 Å². The first-order valence-corrected chi connectivity index (χ1v) is 8.21. The van der Waals surface area contributed by atoms with Crippen molar-refractivity contribution < 1.29 is 9.53 Å². The van der Waals surface area contributed by atoms with Gasteiger partial charge in [0.25, 0.3) is 5.91 Å². The number of para-hydroxylation sites is 1. The molecular weight excluding hydrogens is 328 g/mol. The zero-order chi connectivity index (χ0) is 18.4. The number of methoxy groups -OCH3 is 1. The van der Waals surface area contributed by atoms with Crippen molar-refractivity contribution in [2.75, 3.05) is 17.7 Å². The number of anilines is 2. The molecule has 132 valence electrons. The molecule has 6 nitrogen and oxygen atoms in total. The first kappa shape index (κ1) is 17.4. The van der Waals surface area contributed by atoms with Gasteiger partial charge in [-0.3, -0.25) is 4.79 Å². The SMILES string of the molecule is COc1ccc(CNc2cnc(C(=O)Nc3ccccc3C)cn2)cc1. The summed E-state index contributed by atoms with van der Waals surface area (Å²) < 4.78 is 5.14. The highest BCUT2D eigenvalue weighted by molar-refractivity contribution is 6.03. The monoisotopic (exact) mass is 348 g/mol. The van der Waals surface area contributed by atoms with Crippen LogP contribution in [0.25, 0.3) is 0 Å². The minimum atomic E-state index is -0.284. The van der Waals surface area contributed by atoms with Crippen LogP contribution in [0.3, 0.4) is 0 Å². The number of benzene rings is 2. The van der Waals surface area contributed by atoms with E-state index in [-0.39, 0.29) is 11.6 Å². The summed E-state index contributed by atoms with van der Waals surface area (Å²) in [5.74, 6) is 1.14. The molecule has 1 aromatic heterocycles. The van der Waals surface area contributed by atoms with Gasteiger partial charge in [-0.1, -0.05) is 30.3 Å². The number of ether oxygens (including phenoxy) is 1. The van der Waals surface area contributed by atoms with Gasteiger partial charge in [0.2, 0.25) is 0 Å². The lowest BCUT2D eigenvalue weighted by Gasteiger charge is -2.09. The maximum atomic E-state index is 12.3. The summed E-state index contributed by atoms with van der Waals surface area (Å²) in [7, 11) is 1.64. The number of carbonyl (C=O) groups excluding carboxylic acids is 1. The van der Waals surface area contributed by atoms with E-state index in [1.807, 2.05) is 55.5 Å². The molecule has 0 bridgehead atoms. The Morgan fingerprint density at radius 1 is 1.04 bits per heavy atom. The average molecular weight is 348 g/mol. The van der Waals surface area contributed by atoms with Gasteiger partial charge >= 0.3 is 0 Å². The minimum absolute atomic E-state index is 0.267. The Balaban J connectivity index is 1.59. The molecule has 2 aromatic carbocycles. The highest BCUT2D eigenvalue weighted by atomic mass is 16.5. The lowest BCUT2D eigenvalue weighted by atomic mass is 10.2. The van der Waals surface area contributed by atoms with Gasteiger partial charge < -0.3 is 15.4 Å². The fourth-order valence-corrected chi connectivity index (χ4v) is 2.37. The Hall–Kier alpha value is -3.41. The third-order valence-electron chi connectivity index (χ3n) is 3.91. The second-order valence-corrected chi connectivity index (χ2v) is 5.76. The standard InChI is InChI=1S/C20H20N4O2/c1-14-5-3-4-6-17(14)24-20(25)18-12-23-19(13-21-18)22-11-15-7-9-16(26-2)10-8-15/h3-10,12-13H,11H2,1-2H3,(H,22,23)(H,24,25). The molecular formula is C20H20N4O2. The summed E-state index contributed by atoms with van der Waals surface area (Å²) in [6.45, 7) is 2.54. The van der Waals surface area contributed by atoms with Crippen LogP contribution < -0.4 is 15.4 Å². The van der Waals surface area contributed by atoms with Crippen LogP contribution in [0.4, 0.5) is 11.5 Å². The molecule has 1 amide bonds. The van der Waals surface area contributed by atoms with Crippen LogP contribution in [-0.2, 0) is 6.54 Å². The van der Waals surface area contributed by atoms with Gasteiger partial charge in [-0.25, -0.2) is 9.97 Å². The molecule has 0 aliphatic carbocycles. The zero-order valence-corrected chi connectivity index (χ0v) is 14.7. The van der Waals surface area contributed by atoms with E-state index in [9.17, 15) is 4.79 Å². The van der Waals surface area contributed by atoms with Crippen molar-refractivity contribution >= 4 is 17.4 Å². The fourth-order valence-electron chi connectivity index (χ4n) is 2.37. The number of nitrogens with one attached hydrogen (secondary N) is 2. The second-order valence-electron chi connectivity index (χ2n) is 5.76. The van der Waals surface area contributed by atoms with Gasteiger partial charge in [0.05, 0.1) is 19.5 Å². The quantitative estimate of drug-likeness (QED) is 0.711. The van der Waals surface area contributed by atoms with Crippen LogP contribution in [0, 0.1) is 6.92 Å². The Morgan fingerprint density at radius 2 is 1.81 bits per heavy atom. The van der Waals surface area contributed by atoms with Gasteiger partial charge in [0.1, 0.15) is 17.3 Å². The fraction of sp³-hybridized carbons (Fsp3) is 0.150. The maximum absolute atomic E-state index is 12.3. The molecule has 2 N–H and O–H groups in total. The molecule has 0 spiro atoms.